The van der Waals surface area contributed by atoms with Gasteiger partial charge < -0.3 is 19.3 Å². The Balaban J connectivity index is 1.74. The second kappa shape index (κ2) is 7.77. The summed E-state index contributed by atoms with van der Waals surface area (Å²) in [5, 5.41) is 6.07. The smallest absolute Gasteiger partial charge is 0.387 e. The average molecular weight is 310 g/mol. The maximum absolute atomic E-state index is 12.0. The van der Waals surface area contributed by atoms with E-state index in [0.29, 0.717) is 11.4 Å². The third-order valence-corrected chi connectivity index (χ3v) is 2.36. The number of carbonyl (C=O) groups is 1. The van der Waals surface area contributed by atoms with E-state index in [-0.39, 0.29) is 12.4 Å². The molecule has 0 atom stereocenters. The molecule has 116 valence electrons. The number of oxime groups is 1. The SMILES string of the molecule is O=C(CO/N=C\c1ccco1)Nc1ccc(OC(F)F)cc1. The van der Waals surface area contributed by atoms with Crippen LogP contribution < -0.4 is 10.1 Å². The third kappa shape index (κ3) is 5.23. The second-order valence-electron chi connectivity index (χ2n) is 3.97. The fourth-order valence-corrected chi connectivity index (χ4v) is 1.47. The van der Waals surface area contributed by atoms with Gasteiger partial charge in [0.1, 0.15) is 17.7 Å². The number of halogens is 2. The van der Waals surface area contributed by atoms with Crippen molar-refractivity contribution in [3.05, 3.63) is 48.4 Å². The van der Waals surface area contributed by atoms with E-state index >= 15 is 0 Å². The largest absolute Gasteiger partial charge is 0.463 e. The van der Waals surface area contributed by atoms with Crippen LogP contribution in [0.25, 0.3) is 0 Å². The number of rotatable bonds is 7. The number of carbonyl (C=O) groups excluding carboxylic acids is 1. The van der Waals surface area contributed by atoms with E-state index in [1.54, 1.807) is 12.1 Å². The van der Waals surface area contributed by atoms with Gasteiger partial charge in [-0.25, -0.2) is 0 Å². The van der Waals surface area contributed by atoms with Gasteiger partial charge in [0, 0.05) is 5.69 Å². The summed E-state index contributed by atoms with van der Waals surface area (Å²) in [4.78, 5) is 16.3. The van der Waals surface area contributed by atoms with Crippen LogP contribution in [0.1, 0.15) is 5.76 Å². The molecule has 0 saturated carbocycles. The predicted molar refractivity (Wildman–Crippen MR) is 74.0 cm³/mol. The number of amides is 1. The zero-order valence-corrected chi connectivity index (χ0v) is 11.2. The van der Waals surface area contributed by atoms with Gasteiger partial charge in [-0.15, -0.1) is 0 Å². The van der Waals surface area contributed by atoms with Gasteiger partial charge in [0.25, 0.3) is 5.91 Å². The normalized spacial score (nSPS) is 10.9. The molecule has 0 unspecified atom stereocenters. The van der Waals surface area contributed by atoms with Crippen LogP contribution in [0.3, 0.4) is 0 Å². The molecule has 0 aliphatic carbocycles. The number of benzene rings is 1. The second-order valence-corrected chi connectivity index (χ2v) is 3.97. The fourth-order valence-electron chi connectivity index (χ4n) is 1.47. The van der Waals surface area contributed by atoms with E-state index in [0.717, 1.165) is 0 Å². The molecule has 0 aliphatic rings. The van der Waals surface area contributed by atoms with Crippen molar-refractivity contribution in [1.29, 1.82) is 0 Å². The van der Waals surface area contributed by atoms with E-state index in [1.165, 1.54) is 36.7 Å². The van der Waals surface area contributed by atoms with Crippen molar-refractivity contribution < 1.29 is 27.6 Å². The van der Waals surface area contributed by atoms with Crippen LogP contribution in [0.15, 0.2) is 52.2 Å². The van der Waals surface area contributed by atoms with Gasteiger partial charge in [-0.1, -0.05) is 5.16 Å². The Morgan fingerprint density at radius 2 is 2.09 bits per heavy atom. The van der Waals surface area contributed by atoms with Crippen LogP contribution >= 0.6 is 0 Å². The number of nitrogens with one attached hydrogen (secondary N) is 1. The van der Waals surface area contributed by atoms with E-state index < -0.39 is 12.5 Å². The lowest BCUT2D eigenvalue weighted by Crippen LogP contribution is -2.16. The quantitative estimate of drug-likeness (QED) is 0.630. The first kappa shape index (κ1) is 15.5. The van der Waals surface area contributed by atoms with E-state index in [2.05, 4.69) is 15.2 Å². The average Bonchev–Trinajstić information content (AvgIpc) is 2.98. The molecule has 22 heavy (non-hydrogen) atoms. The fraction of sp³-hybridized carbons (Fsp3) is 0.143. The highest BCUT2D eigenvalue weighted by Gasteiger charge is 2.05. The lowest BCUT2D eigenvalue weighted by atomic mass is 10.3. The monoisotopic (exact) mass is 310 g/mol. The molecule has 0 aliphatic heterocycles. The Labute approximate surface area is 124 Å². The van der Waals surface area contributed by atoms with Crippen molar-refractivity contribution >= 4 is 17.8 Å². The van der Waals surface area contributed by atoms with E-state index in [9.17, 15) is 13.6 Å². The topological polar surface area (TPSA) is 73.1 Å². The van der Waals surface area contributed by atoms with Crippen LogP contribution in [0.2, 0.25) is 0 Å². The summed E-state index contributed by atoms with van der Waals surface area (Å²) in [7, 11) is 0. The number of hydrogen-bond acceptors (Lipinski definition) is 5. The van der Waals surface area contributed by atoms with Crippen molar-refractivity contribution in [1.82, 2.24) is 0 Å². The van der Waals surface area contributed by atoms with Crippen molar-refractivity contribution in [3.8, 4) is 5.75 Å². The molecule has 0 saturated heterocycles. The van der Waals surface area contributed by atoms with Gasteiger partial charge in [-0.3, -0.25) is 4.79 Å². The summed E-state index contributed by atoms with van der Waals surface area (Å²) in [6, 6.07) is 8.87. The number of alkyl halides is 2. The number of anilines is 1. The Morgan fingerprint density at radius 1 is 1.32 bits per heavy atom. The summed E-state index contributed by atoms with van der Waals surface area (Å²) in [6.45, 7) is -3.19. The van der Waals surface area contributed by atoms with Gasteiger partial charge in [0.05, 0.1) is 6.26 Å². The van der Waals surface area contributed by atoms with Gasteiger partial charge in [0.15, 0.2) is 6.61 Å². The Morgan fingerprint density at radius 3 is 2.73 bits per heavy atom. The molecule has 0 bridgehead atoms. The van der Waals surface area contributed by atoms with Gasteiger partial charge in [-0.2, -0.15) is 8.78 Å². The number of nitrogens with zero attached hydrogens (tertiary/aromatic N) is 1. The summed E-state index contributed by atoms with van der Waals surface area (Å²) < 4.78 is 33.1. The molecule has 6 nitrogen and oxygen atoms in total. The molecule has 1 aromatic heterocycles. The summed E-state index contributed by atoms with van der Waals surface area (Å²) in [5.41, 5.74) is 0.422. The van der Waals surface area contributed by atoms with Crippen LogP contribution in [0, 0.1) is 0 Å². The first-order valence-electron chi connectivity index (χ1n) is 6.17. The Hall–Kier alpha value is -2.90. The molecule has 1 aromatic carbocycles. The number of hydrogen-bond donors (Lipinski definition) is 1. The van der Waals surface area contributed by atoms with Crippen molar-refractivity contribution in [2.45, 2.75) is 6.61 Å². The van der Waals surface area contributed by atoms with Gasteiger partial charge >= 0.3 is 6.61 Å². The number of ether oxygens (including phenoxy) is 1. The van der Waals surface area contributed by atoms with E-state index in [4.69, 9.17) is 9.25 Å². The number of furan rings is 1. The molecule has 0 spiro atoms. The van der Waals surface area contributed by atoms with Crippen LogP contribution in [0.4, 0.5) is 14.5 Å². The first-order valence-corrected chi connectivity index (χ1v) is 6.17. The van der Waals surface area contributed by atoms with Crippen LogP contribution in [-0.2, 0) is 9.63 Å². The molecule has 0 radical (unpaired) electrons. The lowest BCUT2D eigenvalue weighted by molar-refractivity contribution is -0.120. The highest BCUT2D eigenvalue weighted by molar-refractivity contribution is 5.91. The van der Waals surface area contributed by atoms with Crippen molar-refractivity contribution in [2.75, 3.05) is 11.9 Å². The minimum Gasteiger partial charge on any atom is -0.463 e. The zero-order valence-electron chi connectivity index (χ0n) is 11.2. The van der Waals surface area contributed by atoms with Crippen molar-refractivity contribution in [3.63, 3.8) is 0 Å². The van der Waals surface area contributed by atoms with Crippen LogP contribution in [-0.4, -0.2) is 25.3 Å². The molecular formula is C14H12F2N2O4. The summed E-state index contributed by atoms with van der Waals surface area (Å²) in [6.07, 6.45) is 2.80. The van der Waals surface area contributed by atoms with Crippen LogP contribution in [0.5, 0.6) is 5.75 Å². The maximum atomic E-state index is 12.0. The molecule has 2 rings (SSSR count). The summed E-state index contributed by atoms with van der Waals surface area (Å²) in [5.74, 6) is 0.0569. The molecule has 8 heteroatoms. The standard InChI is InChI=1S/C14H12F2N2O4/c15-14(16)22-11-5-3-10(4-6-11)18-13(19)9-21-17-8-12-2-1-7-20-12/h1-8,14H,9H2,(H,18,19)/b17-8-. The predicted octanol–water partition coefficient (Wildman–Crippen LogP) is 2.87. The molecule has 1 amide bonds. The molecular weight excluding hydrogens is 298 g/mol. The minimum absolute atomic E-state index is 0.00676. The third-order valence-electron chi connectivity index (χ3n) is 2.36. The van der Waals surface area contributed by atoms with Crippen molar-refractivity contribution in [2.24, 2.45) is 5.16 Å². The lowest BCUT2D eigenvalue weighted by Gasteiger charge is -2.07. The van der Waals surface area contributed by atoms with Gasteiger partial charge in [-0.05, 0) is 36.4 Å². The van der Waals surface area contributed by atoms with E-state index in [1.807, 2.05) is 0 Å². The molecule has 1 heterocycles. The highest BCUT2D eigenvalue weighted by Crippen LogP contribution is 2.17. The molecule has 0 fully saturated rings. The Bertz CT molecular complexity index is 612. The minimum atomic E-state index is -2.89. The Kier molecular flexibility index (Phi) is 5.47. The summed E-state index contributed by atoms with van der Waals surface area (Å²) >= 11 is 0. The zero-order chi connectivity index (χ0) is 15.8. The molecule has 1 N–H and O–H groups in total. The molecule has 2 aromatic rings. The first-order chi connectivity index (χ1) is 10.6. The van der Waals surface area contributed by atoms with Gasteiger partial charge in [0.2, 0.25) is 0 Å². The maximum Gasteiger partial charge on any atom is 0.387 e. The highest BCUT2D eigenvalue weighted by atomic mass is 19.3.